The van der Waals surface area contributed by atoms with Gasteiger partial charge in [-0.2, -0.15) is 13.2 Å². The zero-order chi connectivity index (χ0) is 22.7. The number of halogens is 4. The summed E-state index contributed by atoms with van der Waals surface area (Å²) in [5, 5.41) is 0.573. The maximum absolute atomic E-state index is 13.5. The molecular formula is C23H20ClF3N4O. The van der Waals surface area contributed by atoms with Gasteiger partial charge in [-0.3, -0.25) is 14.8 Å². The van der Waals surface area contributed by atoms with E-state index in [1.54, 1.807) is 47.8 Å². The summed E-state index contributed by atoms with van der Waals surface area (Å²) in [4.78, 5) is 25.6. The average Bonchev–Trinajstić information content (AvgIpc) is 2.81. The van der Waals surface area contributed by atoms with E-state index in [0.717, 1.165) is 17.7 Å². The van der Waals surface area contributed by atoms with E-state index in [0.29, 0.717) is 42.6 Å². The summed E-state index contributed by atoms with van der Waals surface area (Å²) >= 11 is 6.01. The van der Waals surface area contributed by atoms with E-state index in [2.05, 4.69) is 9.97 Å². The average molecular weight is 461 g/mol. The van der Waals surface area contributed by atoms with Crippen LogP contribution < -0.4 is 4.90 Å². The van der Waals surface area contributed by atoms with Crippen LogP contribution >= 0.6 is 11.6 Å². The zero-order valence-electron chi connectivity index (χ0n) is 17.0. The Bertz CT molecular complexity index is 1050. The molecule has 1 aromatic heterocycles. The number of nitrogens with zero attached hydrogens (tertiary/aromatic N) is 4. The summed E-state index contributed by atoms with van der Waals surface area (Å²) in [5.41, 5.74) is 1.34. The molecule has 4 rings (SSSR count). The Hall–Kier alpha value is -3.13. The molecule has 2 heterocycles. The van der Waals surface area contributed by atoms with E-state index in [-0.39, 0.29) is 5.91 Å². The Balaban J connectivity index is 1.49. The lowest BCUT2D eigenvalue weighted by molar-refractivity contribution is -0.137. The van der Waals surface area contributed by atoms with E-state index >= 15 is 0 Å². The van der Waals surface area contributed by atoms with Gasteiger partial charge in [-0.15, -0.1) is 0 Å². The van der Waals surface area contributed by atoms with Gasteiger partial charge in [0, 0.05) is 55.5 Å². The number of hydrogen-bond donors (Lipinski definition) is 0. The predicted octanol–water partition coefficient (Wildman–Crippen LogP) is 4.63. The van der Waals surface area contributed by atoms with Crippen molar-refractivity contribution in [3.05, 3.63) is 89.0 Å². The molecule has 32 heavy (non-hydrogen) atoms. The second-order valence-corrected chi connectivity index (χ2v) is 7.91. The van der Waals surface area contributed by atoms with Crippen molar-refractivity contribution < 1.29 is 18.0 Å². The van der Waals surface area contributed by atoms with Crippen LogP contribution in [0.3, 0.4) is 0 Å². The number of anilines is 1. The molecule has 1 fully saturated rings. The SMILES string of the molecule is O=C([C@@H](c1ccc(Cl)cc1)c1cnccn1)N1CCN(c2ccc(C(F)(F)F)cc2)CC1. The second-order valence-electron chi connectivity index (χ2n) is 7.47. The molecule has 0 radical (unpaired) electrons. The van der Waals surface area contributed by atoms with E-state index < -0.39 is 17.7 Å². The van der Waals surface area contributed by atoms with Crippen molar-refractivity contribution in [2.24, 2.45) is 0 Å². The Morgan fingerprint density at radius 3 is 2.16 bits per heavy atom. The first-order valence-electron chi connectivity index (χ1n) is 10.1. The number of benzene rings is 2. The normalized spacial score (nSPS) is 15.5. The second kappa shape index (κ2) is 9.16. The number of hydrogen-bond acceptors (Lipinski definition) is 4. The molecule has 0 bridgehead atoms. The lowest BCUT2D eigenvalue weighted by Gasteiger charge is -2.37. The highest BCUT2D eigenvalue weighted by Crippen LogP contribution is 2.31. The Morgan fingerprint density at radius 1 is 0.938 bits per heavy atom. The van der Waals surface area contributed by atoms with E-state index in [1.165, 1.54) is 12.1 Å². The van der Waals surface area contributed by atoms with Gasteiger partial charge < -0.3 is 9.80 Å². The number of alkyl halides is 3. The molecule has 0 aliphatic carbocycles. The van der Waals surface area contributed by atoms with Crippen molar-refractivity contribution in [1.82, 2.24) is 14.9 Å². The van der Waals surface area contributed by atoms with Crippen molar-refractivity contribution in [3.8, 4) is 0 Å². The van der Waals surface area contributed by atoms with Crippen LogP contribution in [0.5, 0.6) is 0 Å². The van der Waals surface area contributed by atoms with Crippen molar-refractivity contribution in [2.75, 3.05) is 31.1 Å². The smallest absolute Gasteiger partial charge is 0.368 e. The van der Waals surface area contributed by atoms with Gasteiger partial charge in [0.25, 0.3) is 0 Å². The largest absolute Gasteiger partial charge is 0.416 e. The fourth-order valence-corrected chi connectivity index (χ4v) is 3.91. The first-order valence-corrected chi connectivity index (χ1v) is 10.4. The Labute approximate surface area is 188 Å². The minimum atomic E-state index is -4.36. The van der Waals surface area contributed by atoms with Crippen molar-refractivity contribution in [3.63, 3.8) is 0 Å². The molecule has 1 saturated heterocycles. The topological polar surface area (TPSA) is 49.3 Å². The molecule has 5 nitrogen and oxygen atoms in total. The van der Waals surface area contributed by atoms with Crippen LogP contribution in [-0.2, 0) is 11.0 Å². The van der Waals surface area contributed by atoms with Crippen molar-refractivity contribution in [1.29, 1.82) is 0 Å². The lowest BCUT2D eigenvalue weighted by Crippen LogP contribution is -2.50. The number of amides is 1. The first kappa shape index (κ1) is 22.1. The fraction of sp³-hybridized carbons (Fsp3) is 0.261. The molecule has 1 amide bonds. The number of carbonyl (C=O) groups is 1. The molecule has 0 N–H and O–H groups in total. The summed E-state index contributed by atoms with van der Waals surface area (Å²) in [6, 6.07) is 12.2. The highest BCUT2D eigenvalue weighted by atomic mass is 35.5. The minimum Gasteiger partial charge on any atom is -0.368 e. The molecule has 1 aliphatic heterocycles. The molecule has 2 aromatic carbocycles. The standard InChI is InChI=1S/C23H20ClF3N4O/c24-18-5-1-16(2-6-18)21(20-15-28-9-10-29-20)22(32)31-13-11-30(12-14-31)19-7-3-17(4-8-19)23(25,26)27/h1-10,15,21H,11-14H2/t21-/m0/s1. The number of rotatable bonds is 4. The number of carbonyl (C=O) groups excluding carboxylic acids is 1. The molecule has 1 atom stereocenters. The summed E-state index contributed by atoms with van der Waals surface area (Å²) in [6.07, 6.45) is 0.320. The lowest BCUT2D eigenvalue weighted by atomic mass is 9.94. The van der Waals surface area contributed by atoms with Crippen LogP contribution in [-0.4, -0.2) is 47.0 Å². The third-order valence-corrected chi connectivity index (χ3v) is 5.73. The summed E-state index contributed by atoms with van der Waals surface area (Å²) in [7, 11) is 0. The molecule has 3 aromatic rings. The van der Waals surface area contributed by atoms with Gasteiger partial charge in [0.15, 0.2) is 0 Å². The maximum Gasteiger partial charge on any atom is 0.416 e. The summed E-state index contributed by atoms with van der Waals surface area (Å²) in [5.74, 6) is -0.710. The third-order valence-electron chi connectivity index (χ3n) is 5.48. The minimum absolute atomic E-state index is 0.0973. The summed E-state index contributed by atoms with van der Waals surface area (Å²) in [6.45, 7) is 1.93. The molecular weight excluding hydrogens is 441 g/mol. The van der Waals surface area contributed by atoms with Gasteiger partial charge >= 0.3 is 6.18 Å². The van der Waals surface area contributed by atoms with Gasteiger partial charge in [-0.05, 0) is 42.0 Å². The molecule has 0 saturated carbocycles. The van der Waals surface area contributed by atoms with Gasteiger partial charge in [0.1, 0.15) is 5.92 Å². The predicted molar refractivity (Wildman–Crippen MR) is 116 cm³/mol. The fourth-order valence-electron chi connectivity index (χ4n) is 3.78. The molecule has 0 spiro atoms. The maximum atomic E-state index is 13.5. The molecule has 0 unspecified atom stereocenters. The highest BCUT2D eigenvalue weighted by Gasteiger charge is 2.32. The summed E-state index contributed by atoms with van der Waals surface area (Å²) < 4.78 is 38.4. The van der Waals surface area contributed by atoms with Crippen LogP contribution in [0.25, 0.3) is 0 Å². The van der Waals surface area contributed by atoms with E-state index in [1.807, 2.05) is 4.90 Å². The molecule has 166 valence electrons. The molecule has 1 aliphatic rings. The van der Waals surface area contributed by atoms with Crippen LogP contribution in [0.15, 0.2) is 67.1 Å². The highest BCUT2D eigenvalue weighted by molar-refractivity contribution is 6.30. The Kier molecular flexibility index (Phi) is 6.32. The first-order chi connectivity index (χ1) is 15.3. The van der Waals surface area contributed by atoms with Crippen LogP contribution in [0.1, 0.15) is 22.7 Å². The quantitative estimate of drug-likeness (QED) is 0.569. The van der Waals surface area contributed by atoms with Crippen LogP contribution in [0, 0.1) is 0 Å². The van der Waals surface area contributed by atoms with Gasteiger partial charge in [-0.1, -0.05) is 23.7 Å². The van der Waals surface area contributed by atoms with Crippen molar-refractivity contribution in [2.45, 2.75) is 12.1 Å². The van der Waals surface area contributed by atoms with Crippen LogP contribution in [0.2, 0.25) is 5.02 Å². The number of piperazine rings is 1. The molecule has 9 heteroatoms. The van der Waals surface area contributed by atoms with E-state index in [9.17, 15) is 18.0 Å². The third kappa shape index (κ3) is 4.85. The van der Waals surface area contributed by atoms with E-state index in [4.69, 9.17) is 11.6 Å². The van der Waals surface area contributed by atoms with Gasteiger partial charge in [0.2, 0.25) is 5.91 Å². The zero-order valence-corrected chi connectivity index (χ0v) is 17.7. The Morgan fingerprint density at radius 2 is 1.59 bits per heavy atom. The van der Waals surface area contributed by atoms with Gasteiger partial charge in [-0.25, -0.2) is 0 Å². The van der Waals surface area contributed by atoms with Crippen LogP contribution in [0.4, 0.5) is 18.9 Å². The number of aromatic nitrogens is 2. The monoisotopic (exact) mass is 460 g/mol. The van der Waals surface area contributed by atoms with Crippen molar-refractivity contribution >= 4 is 23.2 Å². The van der Waals surface area contributed by atoms with Gasteiger partial charge in [0.05, 0.1) is 11.3 Å².